The van der Waals surface area contributed by atoms with Crippen LogP contribution < -0.4 is 4.90 Å². The number of rotatable bonds is 7. The fourth-order valence-corrected chi connectivity index (χ4v) is 1.85. The Morgan fingerprint density at radius 2 is 2.06 bits per heavy atom. The summed E-state index contributed by atoms with van der Waals surface area (Å²) in [5.41, 5.74) is 2.45. The maximum atomic E-state index is 9.82. The predicted octanol–water partition coefficient (Wildman–Crippen LogP) is 2.64. The quantitative estimate of drug-likeness (QED) is 0.808. The van der Waals surface area contributed by atoms with Gasteiger partial charge in [0.1, 0.15) is 0 Å². The highest BCUT2D eigenvalue weighted by Crippen LogP contribution is 2.20. The van der Waals surface area contributed by atoms with Gasteiger partial charge in [0.25, 0.3) is 0 Å². The molecule has 1 aromatic carbocycles. The number of ether oxygens (including phenoxy) is 1. The predicted molar refractivity (Wildman–Crippen MR) is 76.3 cm³/mol. The van der Waals surface area contributed by atoms with Crippen LogP contribution in [0.2, 0.25) is 0 Å². The van der Waals surface area contributed by atoms with Crippen molar-refractivity contribution < 1.29 is 9.84 Å². The highest BCUT2D eigenvalue weighted by molar-refractivity contribution is 5.48. The first-order valence-corrected chi connectivity index (χ1v) is 6.61. The van der Waals surface area contributed by atoms with Gasteiger partial charge < -0.3 is 14.7 Å². The number of aliphatic hydroxyl groups is 1. The van der Waals surface area contributed by atoms with Crippen molar-refractivity contribution in [2.24, 2.45) is 0 Å². The average molecular weight is 251 g/mol. The van der Waals surface area contributed by atoms with Crippen LogP contribution >= 0.6 is 0 Å². The van der Waals surface area contributed by atoms with Gasteiger partial charge >= 0.3 is 0 Å². The van der Waals surface area contributed by atoms with Gasteiger partial charge in [-0.25, -0.2) is 0 Å². The lowest BCUT2D eigenvalue weighted by Gasteiger charge is -2.23. The number of likely N-dealkylation sites (N-methyl/N-ethyl adjacent to an activating group) is 1. The zero-order valence-corrected chi connectivity index (χ0v) is 11.9. The first-order chi connectivity index (χ1) is 8.54. The zero-order valence-electron chi connectivity index (χ0n) is 11.9. The Labute approximate surface area is 110 Å². The molecule has 0 fully saturated rings. The van der Waals surface area contributed by atoms with Gasteiger partial charge in [-0.3, -0.25) is 0 Å². The molecule has 0 aliphatic rings. The van der Waals surface area contributed by atoms with E-state index in [4.69, 9.17) is 4.74 Å². The van der Waals surface area contributed by atoms with Gasteiger partial charge in [0, 0.05) is 25.9 Å². The van der Waals surface area contributed by atoms with Crippen molar-refractivity contribution in [3.05, 3.63) is 29.8 Å². The first kappa shape index (κ1) is 15.0. The van der Waals surface area contributed by atoms with Gasteiger partial charge in [0.2, 0.25) is 0 Å². The monoisotopic (exact) mass is 251 g/mol. The van der Waals surface area contributed by atoms with E-state index in [1.54, 1.807) is 0 Å². The molecule has 0 amide bonds. The average Bonchev–Trinajstić information content (AvgIpc) is 2.36. The lowest BCUT2D eigenvalue weighted by Crippen LogP contribution is -2.32. The standard InChI is InChI=1S/C15H25NO2/c1-5-18-11-15(17)10-16(4)14-8-6-7-13(9-14)12(2)3/h6-9,12,15,17H,5,10-11H2,1-4H3. The molecule has 0 saturated heterocycles. The van der Waals surface area contributed by atoms with E-state index < -0.39 is 6.10 Å². The molecule has 0 aliphatic carbocycles. The summed E-state index contributed by atoms with van der Waals surface area (Å²) in [5.74, 6) is 0.520. The molecule has 1 aromatic rings. The number of hydrogen-bond donors (Lipinski definition) is 1. The second-order valence-corrected chi connectivity index (χ2v) is 4.94. The van der Waals surface area contributed by atoms with Gasteiger partial charge in [-0.15, -0.1) is 0 Å². The smallest absolute Gasteiger partial charge is 0.0947 e. The molecule has 102 valence electrons. The Morgan fingerprint density at radius 1 is 1.33 bits per heavy atom. The van der Waals surface area contributed by atoms with Crippen molar-refractivity contribution in [2.75, 3.05) is 31.7 Å². The number of nitrogens with zero attached hydrogens (tertiary/aromatic N) is 1. The molecule has 0 heterocycles. The van der Waals surface area contributed by atoms with E-state index in [0.29, 0.717) is 25.7 Å². The number of benzene rings is 1. The molecule has 18 heavy (non-hydrogen) atoms. The second-order valence-electron chi connectivity index (χ2n) is 4.94. The molecular weight excluding hydrogens is 226 g/mol. The summed E-state index contributed by atoms with van der Waals surface area (Å²) in [4.78, 5) is 2.07. The van der Waals surface area contributed by atoms with E-state index in [2.05, 4.69) is 43.0 Å². The molecule has 1 N–H and O–H groups in total. The van der Waals surface area contributed by atoms with Crippen LogP contribution in [0.5, 0.6) is 0 Å². The van der Waals surface area contributed by atoms with E-state index in [9.17, 15) is 5.11 Å². The summed E-state index contributed by atoms with van der Waals surface area (Å²) in [6, 6.07) is 8.45. The minimum absolute atomic E-state index is 0.394. The lowest BCUT2D eigenvalue weighted by atomic mass is 10.0. The van der Waals surface area contributed by atoms with Crippen LogP contribution in [0.1, 0.15) is 32.3 Å². The molecule has 1 atom stereocenters. The molecular formula is C15H25NO2. The Kier molecular flexibility index (Phi) is 6.16. The molecule has 0 radical (unpaired) electrons. The molecule has 3 heteroatoms. The maximum Gasteiger partial charge on any atom is 0.0947 e. The van der Waals surface area contributed by atoms with Crippen molar-refractivity contribution in [1.82, 2.24) is 0 Å². The highest BCUT2D eigenvalue weighted by atomic mass is 16.5. The van der Waals surface area contributed by atoms with Gasteiger partial charge in [0.15, 0.2) is 0 Å². The van der Waals surface area contributed by atoms with Crippen LogP contribution in [-0.2, 0) is 4.74 Å². The summed E-state index contributed by atoms with van der Waals surface area (Å²) in [5, 5.41) is 9.82. The van der Waals surface area contributed by atoms with Crippen LogP contribution in [0.15, 0.2) is 24.3 Å². The summed E-state index contributed by atoms with van der Waals surface area (Å²) >= 11 is 0. The van der Waals surface area contributed by atoms with Crippen molar-refractivity contribution in [3.63, 3.8) is 0 Å². The van der Waals surface area contributed by atoms with Crippen LogP contribution in [0, 0.1) is 0 Å². The topological polar surface area (TPSA) is 32.7 Å². The summed E-state index contributed by atoms with van der Waals surface area (Å²) in [7, 11) is 1.99. The molecule has 0 aliphatic heterocycles. The van der Waals surface area contributed by atoms with E-state index in [1.165, 1.54) is 5.56 Å². The maximum absolute atomic E-state index is 9.82. The third-order valence-electron chi connectivity index (χ3n) is 2.98. The van der Waals surface area contributed by atoms with Crippen LogP contribution in [0.3, 0.4) is 0 Å². The largest absolute Gasteiger partial charge is 0.389 e. The first-order valence-electron chi connectivity index (χ1n) is 6.61. The summed E-state index contributed by atoms with van der Waals surface area (Å²) in [6.07, 6.45) is -0.447. The molecule has 0 aromatic heterocycles. The number of aliphatic hydroxyl groups excluding tert-OH is 1. The van der Waals surface area contributed by atoms with E-state index in [-0.39, 0.29) is 0 Å². The van der Waals surface area contributed by atoms with Crippen LogP contribution in [0.4, 0.5) is 5.69 Å². The zero-order chi connectivity index (χ0) is 13.5. The number of anilines is 1. The molecule has 1 rings (SSSR count). The van der Waals surface area contributed by atoms with Gasteiger partial charge in [-0.05, 0) is 30.5 Å². The number of hydrogen-bond acceptors (Lipinski definition) is 3. The fourth-order valence-electron chi connectivity index (χ4n) is 1.85. The van der Waals surface area contributed by atoms with Gasteiger partial charge in [-0.2, -0.15) is 0 Å². The second kappa shape index (κ2) is 7.39. The van der Waals surface area contributed by atoms with Gasteiger partial charge in [-0.1, -0.05) is 26.0 Å². The normalized spacial score (nSPS) is 12.8. The minimum Gasteiger partial charge on any atom is -0.389 e. The summed E-state index contributed by atoms with van der Waals surface area (Å²) in [6.45, 7) is 7.92. The Balaban J connectivity index is 2.60. The molecule has 3 nitrogen and oxygen atoms in total. The third-order valence-corrected chi connectivity index (χ3v) is 2.98. The van der Waals surface area contributed by atoms with Crippen LogP contribution in [-0.4, -0.2) is 38.0 Å². The lowest BCUT2D eigenvalue weighted by molar-refractivity contribution is 0.0469. The SMILES string of the molecule is CCOCC(O)CN(C)c1cccc(C(C)C)c1. The fraction of sp³-hybridized carbons (Fsp3) is 0.600. The summed E-state index contributed by atoms with van der Waals surface area (Å²) < 4.78 is 5.22. The van der Waals surface area contributed by atoms with Crippen molar-refractivity contribution in [3.8, 4) is 0 Å². The Hall–Kier alpha value is -1.06. The third kappa shape index (κ3) is 4.67. The van der Waals surface area contributed by atoms with E-state index in [1.807, 2.05) is 14.0 Å². The van der Waals surface area contributed by atoms with Gasteiger partial charge in [0.05, 0.1) is 12.7 Å². The van der Waals surface area contributed by atoms with E-state index >= 15 is 0 Å². The van der Waals surface area contributed by atoms with Crippen molar-refractivity contribution in [1.29, 1.82) is 0 Å². The molecule has 0 bridgehead atoms. The minimum atomic E-state index is -0.447. The molecule has 0 spiro atoms. The highest BCUT2D eigenvalue weighted by Gasteiger charge is 2.10. The van der Waals surface area contributed by atoms with E-state index in [0.717, 1.165) is 5.69 Å². The van der Waals surface area contributed by atoms with Crippen molar-refractivity contribution >= 4 is 5.69 Å². The molecule has 1 unspecified atom stereocenters. The Bertz CT molecular complexity index is 352. The Morgan fingerprint density at radius 3 is 2.67 bits per heavy atom. The molecule has 0 saturated carbocycles. The van der Waals surface area contributed by atoms with Crippen molar-refractivity contribution in [2.45, 2.75) is 32.8 Å². The van der Waals surface area contributed by atoms with Crippen LogP contribution in [0.25, 0.3) is 0 Å².